The quantitative estimate of drug-likeness (QED) is 0.632. The molecular formula is C8H12N2O. The van der Waals surface area contributed by atoms with Gasteiger partial charge < -0.3 is 4.74 Å². The normalized spacial score (nSPS) is 18.3. The Bertz CT molecular complexity index is 240. The van der Waals surface area contributed by atoms with Gasteiger partial charge in [-0.3, -0.25) is 4.68 Å². The summed E-state index contributed by atoms with van der Waals surface area (Å²) in [6, 6.07) is 2.56. The average molecular weight is 152 g/mol. The zero-order valence-corrected chi connectivity index (χ0v) is 6.66. The highest BCUT2D eigenvalue weighted by molar-refractivity contribution is 4.99. The maximum Gasteiger partial charge on any atom is 0.0985 e. The van der Waals surface area contributed by atoms with Gasteiger partial charge in [-0.1, -0.05) is 6.92 Å². The molecule has 1 fully saturated rings. The number of hydrogen-bond donors (Lipinski definition) is 0. The highest BCUT2D eigenvalue weighted by atomic mass is 16.5. The summed E-state index contributed by atoms with van der Waals surface area (Å²) >= 11 is 0. The molecule has 1 aliphatic heterocycles. The molecule has 3 nitrogen and oxygen atoms in total. The Labute approximate surface area is 66.0 Å². The van der Waals surface area contributed by atoms with Gasteiger partial charge in [0.2, 0.25) is 0 Å². The van der Waals surface area contributed by atoms with Gasteiger partial charge in [-0.2, -0.15) is 5.10 Å². The van der Waals surface area contributed by atoms with Crippen LogP contribution >= 0.6 is 0 Å². The molecule has 0 radical (unpaired) electrons. The van der Waals surface area contributed by atoms with E-state index in [1.165, 1.54) is 0 Å². The van der Waals surface area contributed by atoms with E-state index >= 15 is 0 Å². The first-order valence-corrected chi connectivity index (χ1v) is 4.02. The largest absolute Gasteiger partial charge is 0.377 e. The summed E-state index contributed by atoms with van der Waals surface area (Å²) in [6.07, 6.45) is 3.05. The van der Waals surface area contributed by atoms with Crippen LogP contribution in [0.2, 0.25) is 0 Å². The van der Waals surface area contributed by atoms with Gasteiger partial charge in [-0.05, 0) is 12.5 Å². The van der Waals surface area contributed by atoms with E-state index in [-0.39, 0.29) is 0 Å². The van der Waals surface area contributed by atoms with Crippen LogP contribution in [0, 0.1) is 0 Å². The molecule has 0 aliphatic carbocycles. The Morgan fingerprint density at radius 3 is 3.00 bits per heavy atom. The number of nitrogens with zero attached hydrogens (tertiary/aromatic N) is 2. The van der Waals surface area contributed by atoms with Crippen LogP contribution in [0.5, 0.6) is 0 Å². The van der Waals surface area contributed by atoms with E-state index < -0.39 is 0 Å². The monoisotopic (exact) mass is 152 g/mol. The van der Waals surface area contributed by atoms with E-state index in [2.05, 4.69) is 18.1 Å². The number of ether oxygens (including phenoxy) is 1. The highest BCUT2D eigenvalue weighted by Gasteiger charge is 2.20. The molecule has 0 saturated carbocycles. The maximum atomic E-state index is 5.07. The van der Waals surface area contributed by atoms with Gasteiger partial charge in [0, 0.05) is 6.20 Å². The molecule has 0 N–H and O–H groups in total. The fourth-order valence-electron chi connectivity index (χ4n) is 1.15. The zero-order valence-electron chi connectivity index (χ0n) is 6.66. The van der Waals surface area contributed by atoms with Crippen molar-refractivity contribution in [1.82, 2.24) is 9.78 Å². The van der Waals surface area contributed by atoms with Gasteiger partial charge in [0.05, 0.1) is 24.9 Å². The maximum absolute atomic E-state index is 5.07. The Morgan fingerprint density at radius 2 is 2.55 bits per heavy atom. The molecule has 0 amide bonds. The summed E-state index contributed by atoms with van der Waals surface area (Å²) in [5.41, 5.74) is 1.16. The van der Waals surface area contributed by atoms with E-state index in [1.54, 1.807) is 0 Å². The molecule has 0 bridgehead atoms. The molecule has 2 heterocycles. The van der Waals surface area contributed by atoms with Crippen LogP contribution in [0.25, 0.3) is 0 Å². The van der Waals surface area contributed by atoms with E-state index in [9.17, 15) is 0 Å². The SMILES string of the molecule is CCc1ccn(C2COC2)n1. The smallest absolute Gasteiger partial charge is 0.0985 e. The zero-order chi connectivity index (χ0) is 7.68. The van der Waals surface area contributed by atoms with E-state index in [0.717, 1.165) is 25.3 Å². The number of aryl methyl sites for hydroxylation is 1. The Hall–Kier alpha value is -0.830. The summed E-state index contributed by atoms with van der Waals surface area (Å²) in [5, 5.41) is 4.39. The summed E-state index contributed by atoms with van der Waals surface area (Å²) < 4.78 is 7.07. The van der Waals surface area contributed by atoms with Crippen LogP contribution in [-0.4, -0.2) is 23.0 Å². The second-order valence-corrected chi connectivity index (χ2v) is 2.83. The second kappa shape index (κ2) is 2.66. The first kappa shape index (κ1) is 6.85. The Kier molecular flexibility index (Phi) is 1.66. The molecule has 0 spiro atoms. The van der Waals surface area contributed by atoms with Crippen molar-refractivity contribution < 1.29 is 4.74 Å². The van der Waals surface area contributed by atoms with Gasteiger partial charge in [-0.25, -0.2) is 0 Å². The summed E-state index contributed by atoms with van der Waals surface area (Å²) in [4.78, 5) is 0. The van der Waals surface area contributed by atoms with Crippen molar-refractivity contribution in [3.8, 4) is 0 Å². The van der Waals surface area contributed by atoms with Crippen molar-refractivity contribution in [1.29, 1.82) is 0 Å². The predicted octanol–water partition coefficient (Wildman–Crippen LogP) is 1.02. The summed E-state index contributed by atoms with van der Waals surface area (Å²) in [6.45, 7) is 3.76. The lowest BCUT2D eigenvalue weighted by molar-refractivity contribution is -0.0287. The molecule has 1 aliphatic rings. The molecule has 0 atom stereocenters. The van der Waals surface area contributed by atoms with Crippen LogP contribution in [0.4, 0.5) is 0 Å². The van der Waals surface area contributed by atoms with Crippen LogP contribution in [0.3, 0.4) is 0 Å². The first-order chi connectivity index (χ1) is 5.40. The fourth-order valence-corrected chi connectivity index (χ4v) is 1.15. The van der Waals surface area contributed by atoms with Crippen molar-refractivity contribution in [3.63, 3.8) is 0 Å². The van der Waals surface area contributed by atoms with Crippen molar-refractivity contribution in [2.45, 2.75) is 19.4 Å². The van der Waals surface area contributed by atoms with Crippen LogP contribution in [0.1, 0.15) is 18.7 Å². The molecular weight excluding hydrogens is 140 g/mol. The van der Waals surface area contributed by atoms with E-state index in [0.29, 0.717) is 6.04 Å². The minimum atomic E-state index is 0.496. The minimum Gasteiger partial charge on any atom is -0.377 e. The first-order valence-electron chi connectivity index (χ1n) is 4.02. The predicted molar refractivity (Wildman–Crippen MR) is 41.5 cm³/mol. The Morgan fingerprint density at radius 1 is 1.73 bits per heavy atom. The average Bonchev–Trinajstić information content (AvgIpc) is 2.32. The molecule has 0 aromatic carbocycles. The third-order valence-corrected chi connectivity index (χ3v) is 2.02. The molecule has 2 rings (SSSR count). The number of rotatable bonds is 2. The third kappa shape index (κ3) is 1.16. The molecule has 1 saturated heterocycles. The van der Waals surface area contributed by atoms with E-state index in [1.807, 2.05) is 10.9 Å². The van der Waals surface area contributed by atoms with Crippen LogP contribution in [-0.2, 0) is 11.2 Å². The van der Waals surface area contributed by atoms with Crippen molar-refractivity contribution in [2.24, 2.45) is 0 Å². The lowest BCUT2D eigenvalue weighted by Gasteiger charge is -2.25. The second-order valence-electron chi connectivity index (χ2n) is 2.83. The third-order valence-electron chi connectivity index (χ3n) is 2.02. The highest BCUT2D eigenvalue weighted by Crippen LogP contribution is 2.15. The molecule has 1 aromatic heterocycles. The fraction of sp³-hybridized carbons (Fsp3) is 0.625. The molecule has 11 heavy (non-hydrogen) atoms. The molecule has 1 aromatic rings. The standard InChI is InChI=1S/C8H12N2O/c1-2-7-3-4-10(9-7)8-5-11-6-8/h3-4,8H,2,5-6H2,1H3. The molecule has 60 valence electrons. The number of hydrogen-bond acceptors (Lipinski definition) is 2. The van der Waals surface area contributed by atoms with Crippen molar-refractivity contribution in [3.05, 3.63) is 18.0 Å². The van der Waals surface area contributed by atoms with E-state index in [4.69, 9.17) is 4.74 Å². The summed E-state index contributed by atoms with van der Waals surface area (Å²) in [7, 11) is 0. The van der Waals surface area contributed by atoms with Crippen molar-refractivity contribution in [2.75, 3.05) is 13.2 Å². The van der Waals surface area contributed by atoms with Gasteiger partial charge in [0.15, 0.2) is 0 Å². The minimum absolute atomic E-state index is 0.496. The van der Waals surface area contributed by atoms with Gasteiger partial charge in [0.1, 0.15) is 0 Å². The van der Waals surface area contributed by atoms with Crippen LogP contribution < -0.4 is 0 Å². The summed E-state index contributed by atoms with van der Waals surface area (Å²) in [5.74, 6) is 0. The van der Waals surface area contributed by atoms with Gasteiger partial charge in [-0.15, -0.1) is 0 Å². The topological polar surface area (TPSA) is 27.1 Å². The van der Waals surface area contributed by atoms with Crippen molar-refractivity contribution >= 4 is 0 Å². The Balaban J connectivity index is 2.11. The number of aromatic nitrogens is 2. The molecule has 3 heteroatoms. The van der Waals surface area contributed by atoms with Gasteiger partial charge in [0.25, 0.3) is 0 Å². The lowest BCUT2D eigenvalue weighted by Crippen LogP contribution is -2.30. The molecule has 0 unspecified atom stereocenters. The van der Waals surface area contributed by atoms with Crippen LogP contribution in [0.15, 0.2) is 12.3 Å². The lowest BCUT2D eigenvalue weighted by atomic mass is 10.3. The van der Waals surface area contributed by atoms with Gasteiger partial charge >= 0.3 is 0 Å².